The number of nitrogens with one attached hydrogen (secondary N) is 1. The van der Waals surface area contributed by atoms with Gasteiger partial charge in [0.2, 0.25) is 11.8 Å². The van der Waals surface area contributed by atoms with Crippen molar-refractivity contribution in [2.75, 3.05) is 32.9 Å². The van der Waals surface area contributed by atoms with Crippen LogP contribution in [0, 0.1) is 0 Å². The predicted octanol–water partition coefficient (Wildman–Crippen LogP) is 0.700. The van der Waals surface area contributed by atoms with Crippen molar-refractivity contribution in [3.8, 4) is 0 Å². The highest BCUT2D eigenvalue weighted by molar-refractivity contribution is 4.88. The Balaban J connectivity index is 1.78. The maximum absolute atomic E-state index is 5.55. The summed E-state index contributed by atoms with van der Waals surface area (Å²) in [6.07, 6.45) is 1.60. The molecule has 0 aliphatic carbocycles. The third-order valence-corrected chi connectivity index (χ3v) is 2.57. The maximum atomic E-state index is 5.55. The van der Waals surface area contributed by atoms with Gasteiger partial charge in [-0.2, -0.15) is 0 Å². The summed E-state index contributed by atoms with van der Waals surface area (Å²) in [5.74, 6) is 1.20. The van der Waals surface area contributed by atoms with Crippen molar-refractivity contribution in [1.29, 1.82) is 0 Å². The molecule has 0 saturated carbocycles. The number of rotatable bonds is 6. The van der Waals surface area contributed by atoms with E-state index in [0.717, 1.165) is 25.9 Å². The second-order valence-electron chi connectivity index (χ2n) is 3.93. The van der Waals surface area contributed by atoms with E-state index in [4.69, 9.17) is 13.9 Å². The zero-order valence-electron chi connectivity index (χ0n) is 10.1. The molecule has 6 heteroatoms. The Morgan fingerprint density at radius 3 is 3.06 bits per heavy atom. The first-order chi connectivity index (χ1) is 8.40. The van der Waals surface area contributed by atoms with Crippen molar-refractivity contribution in [3.05, 3.63) is 11.8 Å². The largest absolute Gasteiger partial charge is 0.422 e. The smallest absolute Gasteiger partial charge is 0.247 e. The number of hydrogen-bond acceptors (Lipinski definition) is 6. The number of aromatic nitrogens is 2. The number of ether oxygens (including phenoxy) is 2. The molecule has 0 amide bonds. The summed E-state index contributed by atoms with van der Waals surface area (Å²) < 4.78 is 16.3. The second-order valence-corrected chi connectivity index (χ2v) is 3.93. The van der Waals surface area contributed by atoms with E-state index in [1.165, 1.54) is 0 Å². The molecule has 1 atom stereocenters. The molecule has 96 valence electrons. The molecule has 17 heavy (non-hydrogen) atoms. The third-order valence-electron chi connectivity index (χ3n) is 2.57. The molecule has 6 nitrogen and oxygen atoms in total. The summed E-state index contributed by atoms with van der Waals surface area (Å²) in [6.45, 7) is 5.77. The molecule has 2 rings (SSSR count). The van der Waals surface area contributed by atoms with E-state index in [2.05, 4.69) is 22.4 Å². The van der Waals surface area contributed by atoms with Gasteiger partial charge in [0.25, 0.3) is 0 Å². The van der Waals surface area contributed by atoms with Gasteiger partial charge in [-0.25, -0.2) is 0 Å². The van der Waals surface area contributed by atoms with E-state index < -0.39 is 0 Å². The van der Waals surface area contributed by atoms with Crippen LogP contribution >= 0.6 is 0 Å². The first-order valence-electron chi connectivity index (χ1n) is 6.12. The Morgan fingerprint density at radius 1 is 1.35 bits per heavy atom. The van der Waals surface area contributed by atoms with Crippen LogP contribution in [-0.2, 0) is 15.9 Å². The van der Waals surface area contributed by atoms with Gasteiger partial charge in [0.1, 0.15) is 0 Å². The van der Waals surface area contributed by atoms with Gasteiger partial charge in [-0.15, -0.1) is 10.2 Å². The predicted molar refractivity (Wildman–Crippen MR) is 60.7 cm³/mol. The van der Waals surface area contributed by atoms with Crippen molar-refractivity contribution >= 4 is 0 Å². The average Bonchev–Trinajstić information content (AvgIpc) is 2.85. The van der Waals surface area contributed by atoms with Crippen LogP contribution < -0.4 is 5.32 Å². The Hall–Kier alpha value is -0.980. The fourth-order valence-corrected chi connectivity index (χ4v) is 1.67. The third kappa shape index (κ3) is 3.76. The molecular formula is C11H19N3O3. The molecule has 0 aromatic carbocycles. The molecule has 1 saturated heterocycles. The molecule has 1 fully saturated rings. The molecule has 1 aliphatic heterocycles. The number of nitrogens with zero attached hydrogens (tertiary/aromatic N) is 2. The normalized spacial score (nSPS) is 20.6. The van der Waals surface area contributed by atoms with Crippen molar-refractivity contribution in [2.24, 2.45) is 0 Å². The molecule has 0 spiro atoms. The first-order valence-corrected chi connectivity index (χ1v) is 6.12. The van der Waals surface area contributed by atoms with E-state index in [1.807, 2.05) is 0 Å². The van der Waals surface area contributed by atoms with Crippen molar-refractivity contribution in [1.82, 2.24) is 15.5 Å². The van der Waals surface area contributed by atoms with Crippen LogP contribution in [0.15, 0.2) is 4.42 Å². The second kappa shape index (κ2) is 6.68. The molecule has 1 aromatic rings. The van der Waals surface area contributed by atoms with Crippen LogP contribution in [0.5, 0.6) is 0 Å². The van der Waals surface area contributed by atoms with Gasteiger partial charge in [0.15, 0.2) is 6.10 Å². The molecule has 1 aromatic heterocycles. The molecule has 2 heterocycles. The maximum Gasteiger partial charge on any atom is 0.247 e. The van der Waals surface area contributed by atoms with E-state index in [9.17, 15) is 0 Å². The van der Waals surface area contributed by atoms with E-state index >= 15 is 0 Å². The zero-order chi connectivity index (χ0) is 11.9. The van der Waals surface area contributed by atoms with Gasteiger partial charge in [-0.3, -0.25) is 0 Å². The quantitative estimate of drug-likeness (QED) is 0.739. The van der Waals surface area contributed by atoms with Gasteiger partial charge in [0, 0.05) is 6.42 Å². The molecular weight excluding hydrogens is 222 g/mol. The van der Waals surface area contributed by atoms with Crippen molar-refractivity contribution in [3.63, 3.8) is 0 Å². The lowest BCUT2D eigenvalue weighted by molar-refractivity contribution is -0.0999. The number of hydrogen-bond donors (Lipinski definition) is 1. The lowest BCUT2D eigenvalue weighted by atomic mass is 10.3. The molecule has 1 unspecified atom stereocenters. The van der Waals surface area contributed by atoms with Crippen molar-refractivity contribution < 1.29 is 13.9 Å². The molecule has 1 aliphatic rings. The Kier molecular flexibility index (Phi) is 4.90. The fraction of sp³-hybridized carbons (Fsp3) is 0.818. The number of aryl methyl sites for hydroxylation is 1. The fourth-order valence-electron chi connectivity index (χ4n) is 1.67. The van der Waals surface area contributed by atoms with Gasteiger partial charge in [-0.05, 0) is 19.5 Å². The van der Waals surface area contributed by atoms with Gasteiger partial charge < -0.3 is 19.2 Å². The lowest BCUT2D eigenvalue weighted by Gasteiger charge is -2.19. The standard InChI is InChI=1S/C11H19N3O3/c1-2-12-5-3-4-10-13-14-11(17-10)9-8-15-6-7-16-9/h9,12H,2-8H2,1H3. The van der Waals surface area contributed by atoms with Gasteiger partial charge in [-0.1, -0.05) is 6.92 Å². The SMILES string of the molecule is CCNCCCc1nnc(C2COCCO2)o1. The summed E-state index contributed by atoms with van der Waals surface area (Å²) in [5, 5.41) is 11.3. The Labute approximate surface area is 101 Å². The van der Waals surface area contributed by atoms with E-state index in [1.54, 1.807) is 0 Å². The first kappa shape index (κ1) is 12.5. The van der Waals surface area contributed by atoms with Crippen LogP contribution in [0.3, 0.4) is 0 Å². The van der Waals surface area contributed by atoms with Gasteiger partial charge >= 0.3 is 0 Å². The molecule has 0 bridgehead atoms. The Bertz CT molecular complexity index is 324. The van der Waals surface area contributed by atoms with E-state index in [-0.39, 0.29) is 6.10 Å². The van der Waals surface area contributed by atoms with Crippen molar-refractivity contribution in [2.45, 2.75) is 25.9 Å². The Morgan fingerprint density at radius 2 is 2.29 bits per heavy atom. The molecule has 0 radical (unpaired) electrons. The summed E-state index contributed by atoms with van der Waals surface area (Å²) in [6, 6.07) is 0. The highest BCUT2D eigenvalue weighted by Gasteiger charge is 2.22. The average molecular weight is 241 g/mol. The minimum atomic E-state index is -0.196. The monoisotopic (exact) mass is 241 g/mol. The van der Waals surface area contributed by atoms with Crippen LogP contribution in [0.25, 0.3) is 0 Å². The van der Waals surface area contributed by atoms with E-state index in [0.29, 0.717) is 31.6 Å². The minimum Gasteiger partial charge on any atom is -0.422 e. The van der Waals surface area contributed by atoms with Crippen LogP contribution in [0.2, 0.25) is 0 Å². The lowest BCUT2D eigenvalue weighted by Crippen LogP contribution is -2.22. The van der Waals surface area contributed by atoms with Gasteiger partial charge in [0.05, 0.1) is 19.8 Å². The van der Waals surface area contributed by atoms with Crippen LogP contribution in [-0.4, -0.2) is 43.1 Å². The van der Waals surface area contributed by atoms with Crippen LogP contribution in [0.1, 0.15) is 31.2 Å². The highest BCUT2D eigenvalue weighted by Crippen LogP contribution is 2.19. The zero-order valence-corrected chi connectivity index (χ0v) is 10.1. The summed E-state index contributed by atoms with van der Waals surface area (Å²) in [7, 11) is 0. The highest BCUT2D eigenvalue weighted by atomic mass is 16.6. The molecule has 1 N–H and O–H groups in total. The summed E-state index contributed by atoms with van der Waals surface area (Å²) in [5.41, 5.74) is 0. The topological polar surface area (TPSA) is 69.4 Å². The summed E-state index contributed by atoms with van der Waals surface area (Å²) >= 11 is 0. The minimum absolute atomic E-state index is 0.196. The summed E-state index contributed by atoms with van der Waals surface area (Å²) in [4.78, 5) is 0. The van der Waals surface area contributed by atoms with Crippen LogP contribution in [0.4, 0.5) is 0 Å².